The van der Waals surface area contributed by atoms with E-state index in [0.29, 0.717) is 0 Å². The third kappa shape index (κ3) is 5.84. The van der Waals surface area contributed by atoms with Gasteiger partial charge in [-0.3, -0.25) is 0 Å². The van der Waals surface area contributed by atoms with Crippen molar-refractivity contribution in [1.29, 1.82) is 0 Å². The molecule has 0 aliphatic carbocycles. The molecule has 0 aliphatic heterocycles. The van der Waals surface area contributed by atoms with Gasteiger partial charge in [-0.25, -0.2) is 0 Å². The summed E-state index contributed by atoms with van der Waals surface area (Å²) >= 11 is 1.90. The predicted octanol–water partition coefficient (Wildman–Crippen LogP) is 17.8. The van der Waals surface area contributed by atoms with E-state index in [1.165, 1.54) is 119 Å². The molecule has 0 spiro atoms. The normalized spacial score (nSPS) is 11.8. The van der Waals surface area contributed by atoms with Crippen LogP contribution in [0.4, 0.5) is 0 Å². The average molecular weight is 830 g/mol. The van der Waals surface area contributed by atoms with E-state index >= 15 is 0 Å². The summed E-state index contributed by atoms with van der Waals surface area (Å²) in [5.74, 6) is 0. The van der Waals surface area contributed by atoms with E-state index in [1.54, 1.807) is 0 Å². The lowest BCUT2D eigenvalue weighted by atomic mass is 9.86. The molecule has 2 aromatic heterocycles. The van der Waals surface area contributed by atoms with E-state index in [-0.39, 0.29) is 0 Å². The first kappa shape index (κ1) is 36.6. The minimum atomic E-state index is 1.14. The second-order valence-corrected chi connectivity index (χ2v) is 17.8. The Labute approximate surface area is 375 Å². The zero-order valence-electron chi connectivity index (χ0n) is 34.9. The zero-order valence-corrected chi connectivity index (χ0v) is 35.7. The van der Waals surface area contributed by atoms with Gasteiger partial charge < -0.3 is 4.57 Å². The van der Waals surface area contributed by atoms with Gasteiger partial charge in [0.25, 0.3) is 0 Å². The van der Waals surface area contributed by atoms with Crippen molar-refractivity contribution in [2.45, 2.75) is 0 Å². The van der Waals surface area contributed by atoms with Crippen molar-refractivity contribution < 1.29 is 0 Å². The van der Waals surface area contributed by atoms with Gasteiger partial charge >= 0.3 is 0 Å². The maximum absolute atomic E-state index is 2.44. The highest BCUT2D eigenvalue weighted by molar-refractivity contribution is 7.26. The molecule has 0 saturated carbocycles. The minimum absolute atomic E-state index is 1.14. The van der Waals surface area contributed by atoms with Crippen LogP contribution >= 0.6 is 11.3 Å². The number of aromatic nitrogens is 1. The Morgan fingerprint density at radius 1 is 0.266 bits per heavy atom. The highest BCUT2D eigenvalue weighted by Gasteiger charge is 2.20. The summed E-state index contributed by atoms with van der Waals surface area (Å²) in [7, 11) is 0. The number of para-hydroxylation sites is 1. The number of rotatable bonds is 6. The maximum Gasteiger partial charge on any atom is 0.0541 e. The topological polar surface area (TPSA) is 4.93 Å². The molecule has 64 heavy (non-hydrogen) atoms. The van der Waals surface area contributed by atoms with Crippen molar-refractivity contribution in [3.8, 4) is 61.3 Å². The third-order valence-corrected chi connectivity index (χ3v) is 14.4. The summed E-state index contributed by atoms with van der Waals surface area (Å²) in [5, 5.41) is 10.2. The number of benzene rings is 11. The molecule has 13 aromatic rings. The van der Waals surface area contributed by atoms with Gasteiger partial charge in [-0.05, 0) is 126 Å². The molecule has 13 rings (SSSR count). The Bertz CT molecular complexity index is 3860. The highest BCUT2D eigenvalue weighted by atomic mass is 32.1. The largest absolute Gasteiger partial charge is 0.309 e. The van der Waals surface area contributed by atoms with E-state index < -0.39 is 0 Å². The first-order valence-electron chi connectivity index (χ1n) is 22.0. The van der Waals surface area contributed by atoms with Crippen LogP contribution in [0.15, 0.2) is 237 Å². The lowest BCUT2D eigenvalue weighted by molar-refractivity contribution is 1.18. The first-order valence-corrected chi connectivity index (χ1v) is 22.8. The summed E-state index contributed by atoms with van der Waals surface area (Å²) in [6, 6.07) is 87.1. The van der Waals surface area contributed by atoms with Crippen LogP contribution in [-0.2, 0) is 0 Å². The maximum atomic E-state index is 2.44. The van der Waals surface area contributed by atoms with E-state index in [0.717, 1.165) is 5.69 Å². The molecule has 11 aromatic carbocycles. The van der Waals surface area contributed by atoms with Gasteiger partial charge in [0.1, 0.15) is 0 Å². The Morgan fingerprint density at radius 3 is 1.34 bits per heavy atom. The molecule has 0 N–H and O–H groups in total. The molecule has 0 amide bonds. The number of nitrogens with zero attached hydrogens (tertiary/aromatic N) is 1. The molecule has 2 heteroatoms. The second kappa shape index (κ2) is 14.8. The van der Waals surface area contributed by atoms with E-state index in [2.05, 4.69) is 241 Å². The van der Waals surface area contributed by atoms with Gasteiger partial charge in [0.2, 0.25) is 0 Å². The van der Waals surface area contributed by atoms with Crippen LogP contribution in [0, 0.1) is 0 Å². The molecule has 0 unspecified atom stereocenters. The Balaban J connectivity index is 0.972. The standard InChI is InChI=1S/C62H39NS/c1-4-16-40(17-5-1)44-31-35-59-55(36-44)56-39-46(41-18-6-2-7-19-41)38-53(62(56)64-59)45-30-34-58-54(37-45)48-22-14-15-27-57(48)63(58)47-32-28-43(29-33-47)61-51-25-12-10-23-49(51)60(42-20-8-3-9-21-42)50-24-11-13-26-52(50)61/h1-39H. The van der Waals surface area contributed by atoms with Gasteiger partial charge in [-0.2, -0.15) is 0 Å². The summed E-state index contributed by atoms with van der Waals surface area (Å²) in [4.78, 5) is 0. The number of fused-ring (bicyclic) bond motifs is 8. The molecule has 0 atom stereocenters. The summed E-state index contributed by atoms with van der Waals surface area (Å²) in [6.45, 7) is 0. The Kier molecular flexibility index (Phi) is 8.47. The van der Waals surface area contributed by atoms with Crippen molar-refractivity contribution in [3.05, 3.63) is 237 Å². The first-order chi connectivity index (χ1) is 31.7. The molecule has 1 nitrogen and oxygen atoms in total. The fourth-order valence-electron chi connectivity index (χ4n) is 10.3. The predicted molar refractivity (Wildman–Crippen MR) is 276 cm³/mol. The fourth-order valence-corrected chi connectivity index (χ4v) is 11.5. The number of hydrogen-bond donors (Lipinski definition) is 0. The van der Waals surface area contributed by atoms with Gasteiger partial charge in [0.05, 0.1) is 11.0 Å². The molecular weight excluding hydrogens is 791 g/mol. The molecule has 2 heterocycles. The Morgan fingerprint density at radius 2 is 0.719 bits per heavy atom. The number of thiophene rings is 1. The Hall–Kier alpha value is -8.04. The molecular formula is C62H39NS. The van der Waals surface area contributed by atoms with Crippen molar-refractivity contribution >= 4 is 74.9 Å². The lowest BCUT2D eigenvalue weighted by Gasteiger charge is -2.18. The summed E-state index contributed by atoms with van der Waals surface area (Å²) < 4.78 is 5.05. The van der Waals surface area contributed by atoms with Crippen molar-refractivity contribution in [3.63, 3.8) is 0 Å². The van der Waals surface area contributed by atoms with Crippen molar-refractivity contribution in [2.24, 2.45) is 0 Å². The molecule has 0 bridgehead atoms. The molecule has 0 aliphatic rings. The van der Waals surface area contributed by atoms with Crippen LogP contribution in [0.2, 0.25) is 0 Å². The van der Waals surface area contributed by atoms with Gasteiger partial charge in [0.15, 0.2) is 0 Å². The fraction of sp³-hybridized carbons (Fsp3) is 0. The smallest absolute Gasteiger partial charge is 0.0541 e. The highest BCUT2D eigenvalue weighted by Crippen LogP contribution is 2.47. The third-order valence-electron chi connectivity index (χ3n) is 13.2. The van der Waals surface area contributed by atoms with Crippen molar-refractivity contribution in [1.82, 2.24) is 4.57 Å². The van der Waals surface area contributed by atoms with E-state index in [9.17, 15) is 0 Å². The average Bonchev–Trinajstić information content (AvgIpc) is 3.91. The van der Waals surface area contributed by atoms with Crippen LogP contribution in [0.1, 0.15) is 0 Å². The SMILES string of the molecule is c1ccc(-c2ccc3sc4c(-c5ccc6c(c5)c5ccccc5n6-c5ccc(-c6c7ccccc7c(-c7ccccc7)c7ccccc67)cc5)cc(-c5ccccc5)cc4c3c2)cc1. The van der Waals surface area contributed by atoms with Gasteiger partial charge in [0, 0.05) is 42.2 Å². The molecule has 0 fully saturated rings. The molecule has 298 valence electrons. The number of hydrogen-bond acceptors (Lipinski definition) is 1. The zero-order chi connectivity index (χ0) is 42.1. The van der Waals surface area contributed by atoms with Crippen LogP contribution in [-0.4, -0.2) is 4.57 Å². The quantitative estimate of drug-likeness (QED) is 0.147. The van der Waals surface area contributed by atoms with Crippen molar-refractivity contribution in [2.75, 3.05) is 0 Å². The van der Waals surface area contributed by atoms with Crippen LogP contribution < -0.4 is 0 Å². The van der Waals surface area contributed by atoms with Gasteiger partial charge in [-0.15, -0.1) is 11.3 Å². The minimum Gasteiger partial charge on any atom is -0.309 e. The van der Waals surface area contributed by atoms with Crippen LogP contribution in [0.5, 0.6) is 0 Å². The summed E-state index contributed by atoms with van der Waals surface area (Å²) in [5.41, 5.74) is 15.9. The molecule has 0 saturated heterocycles. The summed E-state index contributed by atoms with van der Waals surface area (Å²) in [6.07, 6.45) is 0. The van der Waals surface area contributed by atoms with Crippen LogP contribution in [0.3, 0.4) is 0 Å². The lowest BCUT2D eigenvalue weighted by Crippen LogP contribution is -1.94. The monoisotopic (exact) mass is 829 g/mol. The van der Waals surface area contributed by atoms with E-state index in [1.807, 2.05) is 11.3 Å². The van der Waals surface area contributed by atoms with Crippen LogP contribution in [0.25, 0.3) is 125 Å². The molecule has 0 radical (unpaired) electrons. The van der Waals surface area contributed by atoms with Gasteiger partial charge in [-0.1, -0.05) is 182 Å². The van der Waals surface area contributed by atoms with E-state index in [4.69, 9.17) is 0 Å². The second-order valence-electron chi connectivity index (χ2n) is 16.8.